The molecule has 1 heterocycles. The Bertz CT molecular complexity index is 271. The Balaban J connectivity index is 2.38. The molecule has 0 radical (unpaired) electrons. The Hall–Kier alpha value is -0.740. The summed E-state index contributed by atoms with van der Waals surface area (Å²) in [4.78, 5) is 5.01. The van der Waals surface area contributed by atoms with Crippen molar-refractivity contribution in [2.45, 2.75) is 6.54 Å². The monoisotopic (exact) mass is 203 g/mol. The number of rotatable bonds is 4. The largest absolute Gasteiger partial charge is 0.375 e. The fourth-order valence-corrected chi connectivity index (χ4v) is 1.57. The van der Waals surface area contributed by atoms with Crippen molar-refractivity contribution in [2.24, 2.45) is 0 Å². The Labute approximate surface area is 80.5 Å². The molecule has 0 saturated carbocycles. The van der Waals surface area contributed by atoms with Crippen molar-refractivity contribution in [3.63, 3.8) is 0 Å². The maximum atomic E-state index is 5.65. The van der Waals surface area contributed by atoms with Gasteiger partial charge in [0.05, 0.1) is 12.4 Å². The molecule has 66 valence electrons. The van der Waals surface area contributed by atoms with Crippen molar-refractivity contribution >= 4 is 22.9 Å². The second-order valence-corrected chi connectivity index (χ2v) is 3.86. The normalized spacial score (nSPS) is 9.50. The average molecular weight is 204 g/mol. The fraction of sp³-hybridized carbons (Fsp3) is 0.286. The van der Waals surface area contributed by atoms with Crippen LogP contribution in [0.4, 0.5) is 0 Å². The average Bonchev–Trinajstić information content (AvgIpc) is 2.47. The van der Waals surface area contributed by atoms with Gasteiger partial charge in [0, 0.05) is 18.1 Å². The number of nitrogens with zero attached hydrogens (tertiary/aromatic N) is 1. The minimum atomic E-state index is 0.571. The summed E-state index contributed by atoms with van der Waals surface area (Å²) < 4.78 is 0.571. The summed E-state index contributed by atoms with van der Waals surface area (Å²) in [5, 5.41) is 5.96. The van der Waals surface area contributed by atoms with Gasteiger partial charge < -0.3 is 10.6 Å². The molecule has 2 N–H and O–H groups in total. The highest BCUT2D eigenvalue weighted by Crippen LogP contribution is 2.17. The smallest absolute Gasteiger partial charge is 0.183 e. The lowest BCUT2D eigenvalue weighted by molar-refractivity contribution is 0.748. The molecule has 0 aliphatic carbocycles. The van der Waals surface area contributed by atoms with Crippen molar-refractivity contribution < 1.29 is 0 Å². The van der Waals surface area contributed by atoms with E-state index in [9.17, 15) is 0 Å². The van der Waals surface area contributed by atoms with Gasteiger partial charge in [-0.1, -0.05) is 18.2 Å². The van der Waals surface area contributed by atoms with Gasteiger partial charge in [0.1, 0.15) is 0 Å². The lowest BCUT2D eigenvalue weighted by Gasteiger charge is -2.05. The van der Waals surface area contributed by atoms with Crippen LogP contribution in [0.1, 0.15) is 4.88 Å². The lowest BCUT2D eigenvalue weighted by Crippen LogP contribution is -2.21. The summed E-state index contributed by atoms with van der Waals surface area (Å²) in [6.45, 7) is 4.44. The van der Waals surface area contributed by atoms with E-state index in [0.717, 1.165) is 10.7 Å². The van der Waals surface area contributed by atoms with Crippen molar-refractivity contribution in [2.75, 3.05) is 7.05 Å². The molecule has 1 aromatic rings. The third-order valence-electron chi connectivity index (χ3n) is 1.30. The molecule has 0 aromatic carbocycles. The van der Waals surface area contributed by atoms with Crippen molar-refractivity contribution in [1.82, 2.24) is 15.6 Å². The van der Waals surface area contributed by atoms with Gasteiger partial charge >= 0.3 is 0 Å². The van der Waals surface area contributed by atoms with E-state index < -0.39 is 0 Å². The standard InChI is InChI=1S/C7H10ClN3S/c1-5(9-2)10-3-6-4-11-7(8)12-6/h4,9-10H,1,3H2,2H3. The van der Waals surface area contributed by atoms with Crippen LogP contribution in [0.3, 0.4) is 0 Å². The molecule has 0 bridgehead atoms. The number of nitrogens with one attached hydrogen (secondary N) is 2. The summed E-state index contributed by atoms with van der Waals surface area (Å²) in [5.41, 5.74) is 0. The SMILES string of the molecule is C=C(NC)NCc1cnc(Cl)s1. The molecule has 1 rings (SSSR count). The van der Waals surface area contributed by atoms with Gasteiger partial charge in [-0.2, -0.15) is 0 Å². The van der Waals surface area contributed by atoms with Crippen LogP contribution in [0.5, 0.6) is 0 Å². The zero-order chi connectivity index (χ0) is 8.97. The molecule has 3 nitrogen and oxygen atoms in total. The number of aromatic nitrogens is 1. The molecular weight excluding hydrogens is 194 g/mol. The van der Waals surface area contributed by atoms with Crippen LogP contribution in [0.25, 0.3) is 0 Å². The summed E-state index contributed by atoms with van der Waals surface area (Å²) in [6, 6.07) is 0. The Morgan fingerprint density at radius 2 is 2.58 bits per heavy atom. The van der Waals surface area contributed by atoms with Crippen LogP contribution in [0.15, 0.2) is 18.6 Å². The summed E-state index contributed by atoms with van der Waals surface area (Å²) in [6.07, 6.45) is 1.75. The molecule has 0 saturated heterocycles. The highest BCUT2D eigenvalue weighted by atomic mass is 35.5. The second kappa shape index (κ2) is 4.33. The van der Waals surface area contributed by atoms with Crippen molar-refractivity contribution in [3.05, 3.63) is 27.9 Å². The molecule has 5 heteroatoms. The van der Waals surface area contributed by atoms with Gasteiger partial charge in [0.25, 0.3) is 0 Å². The van der Waals surface area contributed by atoms with E-state index in [1.165, 1.54) is 11.3 Å². The first-order valence-corrected chi connectivity index (χ1v) is 4.62. The minimum Gasteiger partial charge on any atom is -0.375 e. The van der Waals surface area contributed by atoms with Gasteiger partial charge in [-0.05, 0) is 0 Å². The van der Waals surface area contributed by atoms with Gasteiger partial charge in [-0.25, -0.2) is 4.98 Å². The van der Waals surface area contributed by atoms with E-state index in [0.29, 0.717) is 11.0 Å². The first-order valence-electron chi connectivity index (χ1n) is 3.43. The zero-order valence-corrected chi connectivity index (χ0v) is 8.30. The molecular formula is C7H10ClN3S. The van der Waals surface area contributed by atoms with E-state index in [1.54, 1.807) is 6.20 Å². The first-order chi connectivity index (χ1) is 5.72. The molecule has 0 amide bonds. The van der Waals surface area contributed by atoms with Crippen LogP contribution < -0.4 is 10.6 Å². The van der Waals surface area contributed by atoms with Gasteiger partial charge in [-0.15, -0.1) is 11.3 Å². The molecule has 1 aromatic heterocycles. The predicted octanol–water partition coefficient (Wildman–Crippen LogP) is 1.58. The number of hydrogen-bond donors (Lipinski definition) is 2. The number of hydrogen-bond acceptors (Lipinski definition) is 4. The molecule has 12 heavy (non-hydrogen) atoms. The van der Waals surface area contributed by atoms with Gasteiger partial charge in [0.15, 0.2) is 4.47 Å². The molecule has 0 unspecified atom stereocenters. The van der Waals surface area contributed by atoms with Gasteiger partial charge in [0.2, 0.25) is 0 Å². The molecule has 0 spiro atoms. The van der Waals surface area contributed by atoms with Gasteiger partial charge in [-0.3, -0.25) is 0 Å². The third kappa shape index (κ3) is 2.71. The van der Waals surface area contributed by atoms with Crippen LogP contribution >= 0.6 is 22.9 Å². The topological polar surface area (TPSA) is 37.0 Å². The summed E-state index contributed by atoms with van der Waals surface area (Å²) >= 11 is 7.11. The highest BCUT2D eigenvalue weighted by molar-refractivity contribution is 7.15. The number of halogens is 1. The highest BCUT2D eigenvalue weighted by Gasteiger charge is 1.98. The maximum absolute atomic E-state index is 5.65. The Kier molecular flexibility index (Phi) is 3.37. The molecule has 0 aliphatic heterocycles. The van der Waals surface area contributed by atoms with E-state index in [-0.39, 0.29) is 0 Å². The Morgan fingerprint density at radius 1 is 1.83 bits per heavy atom. The number of thiazole rings is 1. The molecule has 0 atom stereocenters. The zero-order valence-electron chi connectivity index (χ0n) is 6.72. The second-order valence-electron chi connectivity index (χ2n) is 2.16. The van der Waals surface area contributed by atoms with Crippen LogP contribution in [0.2, 0.25) is 4.47 Å². The maximum Gasteiger partial charge on any atom is 0.183 e. The fourth-order valence-electron chi connectivity index (χ4n) is 0.648. The first kappa shape index (κ1) is 9.35. The molecule has 0 aliphatic rings. The summed E-state index contributed by atoms with van der Waals surface area (Å²) in [7, 11) is 1.81. The minimum absolute atomic E-state index is 0.571. The van der Waals surface area contributed by atoms with Crippen LogP contribution in [0, 0.1) is 0 Å². The predicted molar refractivity (Wildman–Crippen MR) is 52.2 cm³/mol. The summed E-state index contributed by atoms with van der Waals surface area (Å²) in [5.74, 6) is 0.791. The molecule has 0 fully saturated rings. The van der Waals surface area contributed by atoms with Crippen molar-refractivity contribution in [1.29, 1.82) is 0 Å². The van der Waals surface area contributed by atoms with Crippen molar-refractivity contribution in [3.8, 4) is 0 Å². The van der Waals surface area contributed by atoms with E-state index in [1.807, 2.05) is 7.05 Å². The Morgan fingerprint density at radius 3 is 3.08 bits per heavy atom. The van der Waals surface area contributed by atoms with Crippen LogP contribution in [-0.4, -0.2) is 12.0 Å². The van der Waals surface area contributed by atoms with E-state index >= 15 is 0 Å². The lowest BCUT2D eigenvalue weighted by atomic mass is 10.5. The van der Waals surface area contributed by atoms with E-state index in [2.05, 4.69) is 22.2 Å². The van der Waals surface area contributed by atoms with E-state index in [4.69, 9.17) is 11.6 Å². The van der Waals surface area contributed by atoms with Crippen LogP contribution in [-0.2, 0) is 6.54 Å². The quantitative estimate of drug-likeness (QED) is 0.780. The third-order valence-corrected chi connectivity index (χ3v) is 2.42.